The Balaban J connectivity index is 2.85. The molecular formula is C24H28O3. The zero-order valence-electron chi connectivity index (χ0n) is 16.7. The van der Waals surface area contributed by atoms with Gasteiger partial charge in [-0.2, -0.15) is 0 Å². The Kier molecular flexibility index (Phi) is 5.85. The SMILES string of the molecule is C=C(C)C(=C)C(c1cc(O)c(O)cc1C)c1cc(/C(C)=C/C)cc(C)c1O. The van der Waals surface area contributed by atoms with Crippen molar-refractivity contribution in [3.63, 3.8) is 0 Å². The second-order valence-electron chi connectivity index (χ2n) is 7.14. The Morgan fingerprint density at radius 3 is 2.04 bits per heavy atom. The van der Waals surface area contributed by atoms with Crippen LogP contribution in [0.2, 0.25) is 0 Å². The lowest BCUT2D eigenvalue weighted by molar-refractivity contribution is 0.402. The smallest absolute Gasteiger partial charge is 0.157 e. The van der Waals surface area contributed by atoms with Crippen molar-refractivity contribution in [2.24, 2.45) is 0 Å². The van der Waals surface area contributed by atoms with E-state index in [1.165, 1.54) is 12.1 Å². The molecule has 0 aliphatic rings. The number of rotatable bonds is 5. The summed E-state index contributed by atoms with van der Waals surface area (Å²) in [5.74, 6) is -0.568. The zero-order chi connectivity index (χ0) is 20.5. The van der Waals surface area contributed by atoms with Gasteiger partial charge in [-0.05, 0) is 92.3 Å². The van der Waals surface area contributed by atoms with E-state index in [1.54, 1.807) is 0 Å². The maximum atomic E-state index is 10.9. The Morgan fingerprint density at radius 1 is 0.889 bits per heavy atom. The number of phenolic OH excluding ortho intramolecular Hbond substituents is 3. The number of allylic oxidation sites excluding steroid dienone is 4. The van der Waals surface area contributed by atoms with Crippen molar-refractivity contribution in [1.29, 1.82) is 0 Å². The van der Waals surface area contributed by atoms with Crippen molar-refractivity contribution in [2.45, 2.75) is 40.5 Å². The fourth-order valence-electron chi connectivity index (χ4n) is 3.22. The van der Waals surface area contributed by atoms with Crippen LogP contribution in [0.1, 0.15) is 54.5 Å². The van der Waals surface area contributed by atoms with Gasteiger partial charge in [0.15, 0.2) is 11.5 Å². The molecule has 142 valence electrons. The molecule has 0 spiro atoms. The summed E-state index contributed by atoms with van der Waals surface area (Å²) in [6.07, 6.45) is 2.02. The molecular weight excluding hydrogens is 336 g/mol. The highest BCUT2D eigenvalue weighted by Crippen LogP contribution is 2.44. The van der Waals surface area contributed by atoms with Crippen LogP contribution in [0.3, 0.4) is 0 Å². The number of benzene rings is 2. The number of phenols is 3. The molecule has 27 heavy (non-hydrogen) atoms. The Labute approximate surface area is 161 Å². The lowest BCUT2D eigenvalue weighted by Gasteiger charge is -2.25. The topological polar surface area (TPSA) is 60.7 Å². The molecule has 0 bridgehead atoms. The van der Waals surface area contributed by atoms with Gasteiger partial charge in [0, 0.05) is 11.5 Å². The van der Waals surface area contributed by atoms with E-state index in [4.69, 9.17) is 0 Å². The van der Waals surface area contributed by atoms with E-state index < -0.39 is 5.92 Å². The molecule has 1 atom stereocenters. The van der Waals surface area contributed by atoms with Gasteiger partial charge < -0.3 is 15.3 Å². The minimum Gasteiger partial charge on any atom is -0.507 e. The minimum atomic E-state index is -0.391. The third-order valence-corrected chi connectivity index (χ3v) is 5.10. The standard InChI is InChI=1S/C24H28O3/c1-8-14(4)18-9-16(6)24(27)20(11-18)23(17(7)13(2)3)19-12-22(26)21(25)10-15(19)5/h8-12,23,25-27H,2,7H2,1,3-6H3/b14-8+. The first-order valence-electron chi connectivity index (χ1n) is 8.92. The summed E-state index contributed by atoms with van der Waals surface area (Å²) in [4.78, 5) is 0. The van der Waals surface area contributed by atoms with Crippen LogP contribution >= 0.6 is 0 Å². The van der Waals surface area contributed by atoms with Crippen LogP contribution in [0.5, 0.6) is 17.2 Å². The van der Waals surface area contributed by atoms with E-state index in [-0.39, 0.29) is 17.2 Å². The minimum absolute atomic E-state index is 0.171. The molecule has 1 unspecified atom stereocenters. The maximum Gasteiger partial charge on any atom is 0.157 e. The molecule has 3 N–H and O–H groups in total. The third-order valence-electron chi connectivity index (χ3n) is 5.10. The molecule has 0 aliphatic carbocycles. The number of aromatic hydroxyl groups is 3. The monoisotopic (exact) mass is 364 g/mol. The third kappa shape index (κ3) is 3.92. The first kappa shape index (κ1) is 20.4. The van der Waals surface area contributed by atoms with Crippen molar-refractivity contribution >= 4 is 5.57 Å². The largest absolute Gasteiger partial charge is 0.507 e. The van der Waals surface area contributed by atoms with Gasteiger partial charge in [-0.3, -0.25) is 0 Å². The number of hydrogen-bond acceptors (Lipinski definition) is 3. The van der Waals surface area contributed by atoms with Gasteiger partial charge >= 0.3 is 0 Å². The number of aryl methyl sites for hydroxylation is 2. The van der Waals surface area contributed by atoms with Gasteiger partial charge in [0.2, 0.25) is 0 Å². The predicted octanol–water partition coefficient (Wildman–Crippen LogP) is 6.11. The first-order valence-corrected chi connectivity index (χ1v) is 8.92. The summed E-state index contributed by atoms with van der Waals surface area (Å²) in [5.41, 5.74) is 6.68. The summed E-state index contributed by atoms with van der Waals surface area (Å²) in [6, 6.07) is 6.97. The van der Waals surface area contributed by atoms with Gasteiger partial charge in [0.05, 0.1) is 0 Å². The lowest BCUT2D eigenvalue weighted by atomic mass is 9.79. The molecule has 0 fully saturated rings. The van der Waals surface area contributed by atoms with Gasteiger partial charge in [0.1, 0.15) is 5.75 Å². The Hall–Kier alpha value is -2.94. The average Bonchev–Trinajstić information content (AvgIpc) is 2.61. The van der Waals surface area contributed by atoms with Gasteiger partial charge in [0.25, 0.3) is 0 Å². The van der Waals surface area contributed by atoms with E-state index in [0.29, 0.717) is 5.56 Å². The van der Waals surface area contributed by atoms with E-state index in [1.807, 2.05) is 52.8 Å². The average molecular weight is 364 g/mol. The zero-order valence-corrected chi connectivity index (χ0v) is 16.7. The highest BCUT2D eigenvalue weighted by atomic mass is 16.3. The van der Waals surface area contributed by atoms with Crippen molar-refractivity contribution < 1.29 is 15.3 Å². The first-order chi connectivity index (χ1) is 12.6. The molecule has 3 heteroatoms. The van der Waals surface area contributed by atoms with Gasteiger partial charge in [-0.15, -0.1) is 0 Å². The molecule has 0 amide bonds. The quantitative estimate of drug-likeness (QED) is 0.443. The highest BCUT2D eigenvalue weighted by molar-refractivity contribution is 5.68. The summed E-state index contributed by atoms with van der Waals surface area (Å²) in [5, 5.41) is 30.7. The normalized spacial score (nSPS) is 12.7. The molecule has 2 aromatic rings. The van der Waals surface area contributed by atoms with Crippen molar-refractivity contribution in [3.05, 3.63) is 82.5 Å². The van der Waals surface area contributed by atoms with Crippen LogP contribution in [-0.4, -0.2) is 15.3 Å². The van der Waals surface area contributed by atoms with E-state index in [2.05, 4.69) is 13.2 Å². The summed E-state index contributed by atoms with van der Waals surface area (Å²) in [6.45, 7) is 17.8. The fourth-order valence-corrected chi connectivity index (χ4v) is 3.22. The molecule has 2 rings (SSSR count). The van der Waals surface area contributed by atoms with Gasteiger partial charge in [-0.1, -0.05) is 24.8 Å². The lowest BCUT2D eigenvalue weighted by Crippen LogP contribution is -2.08. The van der Waals surface area contributed by atoms with Crippen LogP contribution in [-0.2, 0) is 0 Å². The van der Waals surface area contributed by atoms with Crippen molar-refractivity contribution in [2.75, 3.05) is 0 Å². The Bertz CT molecular complexity index is 949. The van der Waals surface area contributed by atoms with E-state index in [9.17, 15) is 15.3 Å². The molecule has 0 aliphatic heterocycles. The van der Waals surface area contributed by atoms with Gasteiger partial charge in [-0.25, -0.2) is 0 Å². The summed E-state index contributed by atoms with van der Waals surface area (Å²) >= 11 is 0. The molecule has 2 aromatic carbocycles. The molecule has 0 aromatic heterocycles. The molecule has 3 nitrogen and oxygen atoms in total. The maximum absolute atomic E-state index is 10.9. The Morgan fingerprint density at radius 2 is 1.48 bits per heavy atom. The van der Waals surface area contributed by atoms with Crippen LogP contribution in [0.15, 0.2) is 54.6 Å². The fraction of sp³-hybridized carbons (Fsp3) is 0.250. The summed E-state index contributed by atoms with van der Waals surface area (Å²) < 4.78 is 0. The van der Waals surface area contributed by atoms with Crippen LogP contribution < -0.4 is 0 Å². The van der Waals surface area contributed by atoms with Crippen LogP contribution in [0.4, 0.5) is 0 Å². The number of hydrogen-bond donors (Lipinski definition) is 3. The van der Waals surface area contributed by atoms with Crippen molar-refractivity contribution in [1.82, 2.24) is 0 Å². The van der Waals surface area contributed by atoms with E-state index >= 15 is 0 Å². The second-order valence-corrected chi connectivity index (χ2v) is 7.14. The molecule has 0 saturated carbocycles. The molecule has 0 radical (unpaired) electrons. The van der Waals surface area contributed by atoms with E-state index in [0.717, 1.165) is 39.0 Å². The summed E-state index contributed by atoms with van der Waals surface area (Å²) in [7, 11) is 0. The van der Waals surface area contributed by atoms with Crippen LogP contribution in [0, 0.1) is 13.8 Å². The predicted molar refractivity (Wildman–Crippen MR) is 112 cm³/mol. The molecule has 0 heterocycles. The highest BCUT2D eigenvalue weighted by Gasteiger charge is 2.25. The molecule has 0 saturated heterocycles. The van der Waals surface area contributed by atoms with Crippen LogP contribution in [0.25, 0.3) is 5.57 Å². The van der Waals surface area contributed by atoms with Crippen molar-refractivity contribution in [3.8, 4) is 17.2 Å². The second kappa shape index (κ2) is 7.75.